The Bertz CT molecular complexity index is 389. The first kappa shape index (κ1) is 13.3. The monoisotopic (exact) mass is 253 g/mol. The zero-order chi connectivity index (χ0) is 13.2. The molecule has 18 heavy (non-hydrogen) atoms. The Labute approximate surface area is 108 Å². The summed E-state index contributed by atoms with van der Waals surface area (Å²) in [5.74, 6) is 0.689. The van der Waals surface area contributed by atoms with Crippen molar-refractivity contribution in [2.45, 2.75) is 64.5 Å². The highest BCUT2D eigenvalue weighted by Crippen LogP contribution is 2.41. The lowest BCUT2D eigenvalue weighted by atomic mass is 10.0. The molecule has 0 saturated heterocycles. The number of nitrogens with zero attached hydrogens (tertiary/aromatic N) is 2. The first-order valence-corrected chi connectivity index (χ1v) is 6.71. The number of nitrogens with one attached hydrogen (secondary N) is 1. The van der Waals surface area contributed by atoms with Crippen LogP contribution in [0, 0.1) is 0 Å². The molecule has 1 aliphatic rings. The van der Waals surface area contributed by atoms with Gasteiger partial charge in [-0.15, -0.1) is 0 Å². The first-order chi connectivity index (χ1) is 8.45. The zero-order valence-corrected chi connectivity index (χ0v) is 11.7. The molecule has 0 atom stereocenters. The molecule has 1 aromatic rings. The lowest BCUT2D eigenvalue weighted by Gasteiger charge is -2.24. The summed E-state index contributed by atoms with van der Waals surface area (Å²) in [6.07, 6.45) is 4.29. The first-order valence-electron chi connectivity index (χ1n) is 6.71. The molecule has 0 amide bonds. The molecule has 0 spiro atoms. The van der Waals surface area contributed by atoms with Crippen LogP contribution in [-0.4, -0.2) is 22.3 Å². The Morgan fingerprint density at radius 1 is 1.33 bits per heavy atom. The van der Waals surface area contributed by atoms with Gasteiger partial charge in [0, 0.05) is 12.1 Å². The van der Waals surface area contributed by atoms with Gasteiger partial charge in [-0.2, -0.15) is 4.98 Å². The van der Waals surface area contributed by atoms with Crippen LogP contribution in [0.5, 0.6) is 0 Å². The average molecular weight is 253 g/mol. The fraction of sp³-hybridized carbons (Fsp3) is 0.846. The lowest BCUT2D eigenvalue weighted by Crippen LogP contribution is -2.28. The van der Waals surface area contributed by atoms with Crippen LogP contribution in [-0.2, 0) is 10.3 Å². The smallest absolute Gasteiger partial charge is 0.321 e. The minimum absolute atomic E-state index is 0.0851. The summed E-state index contributed by atoms with van der Waals surface area (Å²) < 4.78 is 11.2. The van der Waals surface area contributed by atoms with Crippen molar-refractivity contribution in [3.63, 3.8) is 0 Å². The molecule has 0 radical (unpaired) electrons. The minimum atomic E-state index is -0.323. The predicted molar refractivity (Wildman–Crippen MR) is 69.4 cm³/mol. The summed E-state index contributed by atoms with van der Waals surface area (Å²) in [5.41, 5.74) is -0.408. The highest BCUT2D eigenvalue weighted by atomic mass is 16.5. The number of aromatic nitrogens is 2. The van der Waals surface area contributed by atoms with E-state index in [2.05, 4.69) is 36.2 Å². The van der Waals surface area contributed by atoms with E-state index in [-0.39, 0.29) is 11.1 Å². The molecule has 1 N–H and O–H groups in total. The highest BCUT2D eigenvalue weighted by Gasteiger charge is 2.41. The van der Waals surface area contributed by atoms with Gasteiger partial charge in [0.1, 0.15) is 5.60 Å². The predicted octanol–water partition coefficient (Wildman–Crippen LogP) is 3.09. The van der Waals surface area contributed by atoms with E-state index in [1.807, 2.05) is 6.92 Å². The van der Waals surface area contributed by atoms with Gasteiger partial charge in [-0.25, -0.2) is 0 Å². The number of rotatable bonds is 4. The Balaban J connectivity index is 2.17. The van der Waals surface area contributed by atoms with Crippen LogP contribution in [0.25, 0.3) is 0 Å². The second-order valence-corrected chi connectivity index (χ2v) is 5.93. The van der Waals surface area contributed by atoms with Crippen molar-refractivity contribution in [2.24, 2.45) is 0 Å². The Kier molecular flexibility index (Phi) is 3.61. The summed E-state index contributed by atoms with van der Waals surface area (Å²) in [5, 5.41) is 7.29. The molecule has 0 bridgehead atoms. The van der Waals surface area contributed by atoms with Crippen LogP contribution in [0.2, 0.25) is 0 Å². The number of ether oxygens (including phenoxy) is 1. The summed E-state index contributed by atoms with van der Waals surface area (Å²) in [7, 11) is 0. The van der Waals surface area contributed by atoms with Gasteiger partial charge >= 0.3 is 6.01 Å². The quantitative estimate of drug-likeness (QED) is 0.893. The van der Waals surface area contributed by atoms with E-state index >= 15 is 0 Å². The van der Waals surface area contributed by atoms with Crippen LogP contribution < -0.4 is 5.32 Å². The molecular formula is C13H23N3O2. The van der Waals surface area contributed by atoms with Gasteiger partial charge in [0.25, 0.3) is 0 Å². The van der Waals surface area contributed by atoms with Crippen LogP contribution in [0.1, 0.15) is 59.2 Å². The molecule has 5 nitrogen and oxygen atoms in total. The fourth-order valence-corrected chi connectivity index (χ4v) is 2.44. The summed E-state index contributed by atoms with van der Waals surface area (Å²) in [4.78, 5) is 4.45. The van der Waals surface area contributed by atoms with Crippen molar-refractivity contribution >= 4 is 6.01 Å². The van der Waals surface area contributed by atoms with E-state index in [0.717, 1.165) is 25.7 Å². The fourth-order valence-electron chi connectivity index (χ4n) is 2.44. The normalized spacial score (nSPS) is 19.1. The third-order valence-corrected chi connectivity index (χ3v) is 3.15. The molecule has 0 aliphatic heterocycles. The average Bonchev–Trinajstić information content (AvgIpc) is 2.85. The van der Waals surface area contributed by atoms with Gasteiger partial charge in [-0.1, -0.05) is 5.16 Å². The molecule has 1 heterocycles. The van der Waals surface area contributed by atoms with Crippen molar-refractivity contribution in [2.75, 3.05) is 11.9 Å². The summed E-state index contributed by atoms with van der Waals surface area (Å²) >= 11 is 0. The molecule has 2 rings (SSSR count). The van der Waals surface area contributed by atoms with Crippen molar-refractivity contribution in [1.82, 2.24) is 10.1 Å². The molecule has 1 saturated carbocycles. The van der Waals surface area contributed by atoms with Gasteiger partial charge < -0.3 is 14.6 Å². The van der Waals surface area contributed by atoms with Gasteiger partial charge in [0.15, 0.2) is 0 Å². The largest absolute Gasteiger partial charge is 0.367 e. The molecule has 102 valence electrons. The minimum Gasteiger partial charge on any atom is -0.367 e. The zero-order valence-electron chi connectivity index (χ0n) is 11.7. The second-order valence-electron chi connectivity index (χ2n) is 5.93. The molecular weight excluding hydrogens is 230 g/mol. The van der Waals surface area contributed by atoms with Crippen LogP contribution >= 0.6 is 0 Å². The lowest BCUT2D eigenvalue weighted by molar-refractivity contribution is -0.0469. The van der Waals surface area contributed by atoms with Crippen molar-refractivity contribution in [1.29, 1.82) is 0 Å². The number of anilines is 1. The van der Waals surface area contributed by atoms with Gasteiger partial charge in [-0.3, -0.25) is 0 Å². The molecule has 1 aliphatic carbocycles. The standard InChI is InChI=1S/C13H23N3O2/c1-5-17-13(8-6-7-9-13)10-14-11(18-16-10)15-12(2,3)4/h5-9H2,1-4H3,(H,14,15,16). The molecule has 1 aromatic heterocycles. The molecule has 5 heteroatoms. The van der Waals surface area contributed by atoms with E-state index in [1.165, 1.54) is 0 Å². The van der Waals surface area contributed by atoms with E-state index in [1.54, 1.807) is 0 Å². The third-order valence-electron chi connectivity index (χ3n) is 3.15. The summed E-state index contributed by atoms with van der Waals surface area (Å²) in [6.45, 7) is 8.87. The van der Waals surface area contributed by atoms with Crippen molar-refractivity contribution in [3.8, 4) is 0 Å². The van der Waals surface area contributed by atoms with E-state index in [9.17, 15) is 0 Å². The Morgan fingerprint density at radius 3 is 2.56 bits per heavy atom. The highest BCUT2D eigenvalue weighted by molar-refractivity contribution is 5.24. The topological polar surface area (TPSA) is 60.2 Å². The molecule has 0 unspecified atom stereocenters. The molecule has 1 fully saturated rings. The maximum absolute atomic E-state index is 5.91. The van der Waals surface area contributed by atoms with Gasteiger partial charge in [-0.05, 0) is 53.4 Å². The SMILES string of the molecule is CCOC1(c2noc(NC(C)(C)C)n2)CCCC1. The van der Waals surface area contributed by atoms with E-state index in [4.69, 9.17) is 9.26 Å². The van der Waals surface area contributed by atoms with Crippen LogP contribution in [0.15, 0.2) is 4.52 Å². The second kappa shape index (κ2) is 4.88. The summed E-state index contributed by atoms with van der Waals surface area (Å²) in [6, 6.07) is 0.475. The van der Waals surface area contributed by atoms with Crippen molar-refractivity contribution < 1.29 is 9.26 Å². The molecule has 0 aromatic carbocycles. The number of hydrogen-bond acceptors (Lipinski definition) is 5. The maximum atomic E-state index is 5.91. The van der Waals surface area contributed by atoms with Crippen LogP contribution in [0.4, 0.5) is 6.01 Å². The maximum Gasteiger partial charge on any atom is 0.321 e. The Hall–Kier alpha value is -1.10. The van der Waals surface area contributed by atoms with Crippen molar-refractivity contribution in [3.05, 3.63) is 5.82 Å². The Morgan fingerprint density at radius 2 is 2.00 bits per heavy atom. The van der Waals surface area contributed by atoms with E-state index in [0.29, 0.717) is 18.4 Å². The van der Waals surface area contributed by atoms with Gasteiger partial charge in [0.2, 0.25) is 5.82 Å². The van der Waals surface area contributed by atoms with E-state index < -0.39 is 0 Å². The number of hydrogen-bond donors (Lipinski definition) is 1. The third kappa shape index (κ3) is 2.83. The van der Waals surface area contributed by atoms with Crippen LogP contribution in [0.3, 0.4) is 0 Å². The van der Waals surface area contributed by atoms with Gasteiger partial charge in [0.05, 0.1) is 0 Å².